The van der Waals surface area contributed by atoms with Gasteiger partial charge in [-0.1, -0.05) is 6.92 Å². The number of hydrogen-bond donors (Lipinski definition) is 1. The van der Waals surface area contributed by atoms with Gasteiger partial charge in [0.05, 0.1) is 6.10 Å². The monoisotopic (exact) mass is 172 g/mol. The maximum absolute atomic E-state index is 5.67. The second kappa shape index (κ2) is 5.51. The highest BCUT2D eigenvalue weighted by molar-refractivity contribution is 4.70. The number of nitrogens with zero attached hydrogens (tertiary/aromatic N) is 1. The number of likely N-dealkylation sites (N-methyl/N-ethyl adjacent to an activating group) is 2. The molecule has 1 atom stereocenters. The van der Waals surface area contributed by atoms with E-state index in [1.54, 1.807) is 0 Å². The average molecular weight is 172 g/mol. The van der Waals surface area contributed by atoms with Gasteiger partial charge in [0.2, 0.25) is 0 Å². The molecule has 0 aromatic heterocycles. The minimum atomic E-state index is 0.387. The van der Waals surface area contributed by atoms with Gasteiger partial charge in [-0.15, -0.1) is 0 Å². The molecule has 1 aliphatic rings. The summed E-state index contributed by atoms with van der Waals surface area (Å²) in [5.74, 6) is 0. The highest BCUT2D eigenvalue weighted by Crippen LogP contribution is 2.04. The second-order valence-corrected chi connectivity index (χ2v) is 3.30. The lowest BCUT2D eigenvalue weighted by molar-refractivity contribution is 0.0565. The molecular weight excluding hydrogens is 152 g/mol. The third-order valence-corrected chi connectivity index (χ3v) is 2.31. The zero-order valence-corrected chi connectivity index (χ0v) is 8.18. The van der Waals surface area contributed by atoms with Crippen LogP contribution in [0.4, 0.5) is 0 Å². The van der Waals surface area contributed by atoms with Crippen LogP contribution in [0.3, 0.4) is 0 Å². The highest BCUT2D eigenvalue weighted by atomic mass is 16.5. The van der Waals surface area contributed by atoms with Gasteiger partial charge >= 0.3 is 0 Å². The van der Waals surface area contributed by atoms with Crippen LogP contribution in [0.2, 0.25) is 0 Å². The molecule has 0 aromatic rings. The first-order valence-corrected chi connectivity index (χ1v) is 4.85. The summed E-state index contributed by atoms with van der Waals surface area (Å²) in [6, 6.07) is 0. The molecule has 1 aliphatic heterocycles. The largest absolute Gasteiger partial charge is 0.376 e. The van der Waals surface area contributed by atoms with E-state index in [0.717, 1.165) is 26.2 Å². The Labute approximate surface area is 75.1 Å². The fourth-order valence-electron chi connectivity index (χ4n) is 1.61. The number of hydrogen-bond acceptors (Lipinski definition) is 3. The van der Waals surface area contributed by atoms with E-state index in [1.807, 2.05) is 7.05 Å². The molecule has 0 saturated carbocycles. The van der Waals surface area contributed by atoms with Crippen LogP contribution in [0.15, 0.2) is 0 Å². The molecule has 1 N–H and O–H groups in total. The predicted molar refractivity (Wildman–Crippen MR) is 50.4 cm³/mol. The molecule has 72 valence electrons. The quantitative estimate of drug-likeness (QED) is 0.663. The maximum Gasteiger partial charge on any atom is 0.0825 e. The second-order valence-electron chi connectivity index (χ2n) is 3.30. The summed E-state index contributed by atoms with van der Waals surface area (Å²) in [4.78, 5) is 2.45. The lowest BCUT2D eigenvalue weighted by atomic mass is 10.3. The Morgan fingerprint density at radius 3 is 3.08 bits per heavy atom. The molecule has 0 bridgehead atoms. The molecule has 3 heteroatoms. The molecule has 1 saturated heterocycles. The molecule has 0 aromatic carbocycles. The molecular formula is C9H20N2O. The molecule has 3 nitrogen and oxygen atoms in total. The fraction of sp³-hybridized carbons (Fsp3) is 1.00. The molecule has 1 unspecified atom stereocenters. The van der Waals surface area contributed by atoms with E-state index in [2.05, 4.69) is 17.1 Å². The SMILES string of the molecule is CCN1CCCOC(CNC)C1. The first-order chi connectivity index (χ1) is 5.86. The molecule has 1 heterocycles. The van der Waals surface area contributed by atoms with E-state index in [1.165, 1.54) is 13.0 Å². The Kier molecular flexibility index (Phi) is 4.58. The van der Waals surface area contributed by atoms with Crippen LogP contribution >= 0.6 is 0 Å². The van der Waals surface area contributed by atoms with Gasteiger partial charge < -0.3 is 15.0 Å². The van der Waals surface area contributed by atoms with Gasteiger partial charge in [0.15, 0.2) is 0 Å². The van der Waals surface area contributed by atoms with E-state index in [-0.39, 0.29) is 0 Å². The molecule has 0 aliphatic carbocycles. The first-order valence-electron chi connectivity index (χ1n) is 4.85. The van der Waals surface area contributed by atoms with Gasteiger partial charge in [-0.3, -0.25) is 0 Å². The van der Waals surface area contributed by atoms with Crippen molar-refractivity contribution in [2.45, 2.75) is 19.4 Å². The van der Waals surface area contributed by atoms with E-state index in [0.29, 0.717) is 6.10 Å². The summed E-state index contributed by atoms with van der Waals surface area (Å²) < 4.78 is 5.67. The van der Waals surface area contributed by atoms with Crippen LogP contribution in [-0.2, 0) is 4.74 Å². The summed E-state index contributed by atoms with van der Waals surface area (Å²) in [5, 5.41) is 3.16. The van der Waals surface area contributed by atoms with E-state index in [4.69, 9.17) is 4.74 Å². The van der Waals surface area contributed by atoms with Gasteiger partial charge in [-0.25, -0.2) is 0 Å². The maximum atomic E-state index is 5.67. The fourth-order valence-corrected chi connectivity index (χ4v) is 1.61. The Bertz CT molecular complexity index is 119. The van der Waals surface area contributed by atoms with Crippen LogP contribution in [0, 0.1) is 0 Å². The average Bonchev–Trinajstić information content (AvgIpc) is 2.30. The van der Waals surface area contributed by atoms with Crippen molar-refractivity contribution in [1.82, 2.24) is 10.2 Å². The predicted octanol–water partition coefficient (Wildman–Crippen LogP) is 0.317. The summed E-state index contributed by atoms with van der Waals surface area (Å²) in [6.45, 7) is 7.51. The normalized spacial score (nSPS) is 27.0. The minimum absolute atomic E-state index is 0.387. The van der Waals surface area contributed by atoms with Gasteiger partial charge in [-0.2, -0.15) is 0 Å². The summed E-state index contributed by atoms with van der Waals surface area (Å²) >= 11 is 0. The zero-order valence-electron chi connectivity index (χ0n) is 8.18. The highest BCUT2D eigenvalue weighted by Gasteiger charge is 2.16. The van der Waals surface area contributed by atoms with E-state index >= 15 is 0 Å². The van der Waals surface area contributed by atoms with Crippen molar-refractivity contribution in [3.63, 3.8) is 0 Å². The number of ether oxygens (including phenoxy) is 1. The molecule has 0 amide bonds. The van der Waals surface area contributed by atoms with Gasteiger partial charge in [0.25, 0.3) is 0 Å². The molecule has 12 heavy (non-hydrogen) atoms. The Morgan fingerprint density at radius 1 is 1.58 bits per heavy atom. The van der Waals surface area contributed by atoms with Crippen LogP contribution in [0.1, 0.15) is 13.3 Å². The van der Waals surface area contributed by atoms with Crippen LogP contribution in [0.25, 0.3) is 0 Å². The summed E-state index contributed by atoms with van der Waals surface area (Å²) in [7, 11) is 1.98. The van der Waals surface area contributed by atoms with Crippen molar-refractivity contribution in [3.05, 3.63) is 0 Å². The minimum Gasteiger partial charge on any atom is -0.376 e. The Balaban J connectivity index is 2.31. The third-order valence-electron chi connectivity index (χ3n) is 2.31. The van der Waals surface area contributed by atoms with E-state index in [9.17, 15) is 0 Å². The smallest absolute Gasteiger partial charge is 0.0825 e. The van der Waals surface area contributed by atoms with Crippen molar-refractivity contribution in [1.29, 1.82) is 0 Å². The molecule has 0 spiro atoms. The van der Waals surface area contributed by atoms with Crippen molar-refractivity contribution in [3.8, 4) is 0 Å². The number of nitrogens with one attached hydrogen (secondary N) is 1. The number of rotatable bonds is 3. The zero-order chi connectivity index (χ0) is 8.81. The lowest BCUT2D eigenvalue weighted by Crippen LogP contribution is -2.37. The first kappa shape index (κ1) is 9.96. The third kappa shape index (κ3) is 3.09. The van der Waals surface area contributed by atoms with Crippen LogP contribution in [0.5, 0.6) is 0 Å². The van der Waals surface area contributed by atoms with Gasteiger partial charge in [0, 0.05) is 26.2 Å². The van der Waals surface area contributed by atoms with Crippen LogP contribution in [-0.4, -0.2) is 50.8 Å². The van der Waals surface area contributed by atoms with Crippen LogP contribution < -0.4 is 5.32 Å². The van der Waals surface area contributed by atoms with Crippen molar-refractivity contribution >= 4 is 0 Å². The van der Waals surface area contributed by atoms with Crippen molar-refractivity contribution in [2.75, 3.05) is 39.8 Å². The standard InChI is InChI=1S/C9H20N2O/c1-3-11-5-4-6-12-9(8-11)7-10-2/h9-10H,3-8H2,1-2H3. The van der Waals surface area contributed by atoms with Crippen molar-refractivity contribution in [2.24, 2.45) is 0 Å². The summed E-state index contributed by atoms with van der Waals surface area (Å²) in [6.07, 6.45) is 1.56. The van der Waals surface area contributed by atoms with Gasteiger partial charge in [-0.05, 0) is 20.0 Å². The topological polar surface area (TPSA) is 24.5 Å². The van der Waals surface area contributed by atoms with E-state index < -0.39 is 0 Å². The van der Waals surface area contributed by atoms with Gasteiger partial charge in [0.1, 0.15) is 0 Å². The lowest BCUT2D eigenvalue weighted by Gasteiger charge is -2.21. The molecule has 1 rings (SSSR count). The Hall–Kier alpha value is -0.120. The Morgan fingerprint density at radius 2 is 2.42 bits per heavy atom. The summed E-state index contributed by atoms with van der Waals surface area (Å²) in [5.41, 5.74) is 0. The van der Waals surface area contributed by atoms with Crippen molar-refractivity contribution < 1.29 is 4.74 Å². The molecule has 0 radical (unpaired) electrons. The molecule has 1 fully saturated rings.